The van der Waals surface area contributed by atoms with Crippen LogP contribution in [0.1, 0.15) is 57.1 Å². The molecular weight excluding hydrogens is 218 g/mol. The Morgan fingerprint density at radius 3 is 2.39 bits per heavy atom. The SMILES string of the molecule is CNC(c1ccccc1)C(C)CC1CCCCC1. The van der Waals surface area contributed by atoms with E-state index in [2.05, 4.69) is 49.6 Å². The van der Waals surface area contributed by atoms with Crippen molar-refractivity contribution >= 4 is 0 Å². The van der Waals surface area contributed by atoms with Crippen LogP contribution < -0.4 is 5.32 Å². The topological polar surface area (TPSA) is 12.0 Å². The summed E-state index contributed by atoms with van der Waals surface area (Å²) in [6.45, 7) is 2.41. The molecule has 2 unspecified atom stereocenters. The molecule has 1 aliphatic rings. The average Bonchev–Trinajstić information content (AvgIpc) is 2.42. The van der Waals surface area contributed by atoms with E-state index in [4.69, 9.17) is 0 Å². The van der Waals surface area contributed by atoms with E-state index in [-0.39, 0.29) is 0 Å². The second kappa shape index (κ2) is 6.94. The van der Waals surface area contributed by atoms with E-state index in [0.717, 1.165) is 11.8 Å². The summed E-state index contributed by atoms with van der Waals surface area (Å²) in [7, 11) is 2.09. The molecule has 1 saturated carbocycles. The maximum absolute atomic E-state index is 3.51. The monoisotopic (exact) mass is 245 g/mol. The first-order valence-electron chi connectivity index (χ1n) is 7.53. The van der Waals surface area contributed by atoms with Crippen LogP contribution in [0.2, 0.25) is 0 Å². The highest BCUT2D eigenvalue weighted by atomic mass is 14.9. The molecular formula is C17H27N. The van der Waals surface area contributed by atoms with Crippen LogP contribution in [0.4, 0.5) is 0 Å². The fraction of sp³-hybridized carbons (Fsp3) is 0.647. The molecule has 1 aromatic carbocycles. The molecule has 1 aromatic rings. The van der Waals surface area contributed by atoms with Crippen molar-refractivity contribution in [2.45, 2.75) is 51.5 Å². The normalized spacial score (nSPS) is 20.6. The van der Waals surface area contributed by atoms with Crippen LogP contribution in [0.5, 0.6) is 0 Å². The van der Waals surface area contributed by atoms with E-state index in [1.807, 2.05) is 0 Å². The predicted octanol–water partition coefficient (Wildman–Crippen LogP) is 4.55. The minimum Gasteiger partial charge on any atom is -0.313 e. The first kappa shape index (κ1) is 13.6. The molecule has 1 aliphatic carbocycles. The van der Waals surface area contributed by atoms with Crippen molar-refractivity contribution in [1.29, 1.82) is 0 Å². The summed E-state index contributed by atoms with van der Waals surface area (Å²) in [5, 5.41) is 3.51. The van der Waals surface area contributed by atoms with Crippen molar-refractivity contribution in [3.63, 3.8) is 0 Å². The van der Waals surface area contributed by atoms with Gasteiger partial charge in [0.25, 0.3) is 0 Å². The number of hydrogen-bond acceptors (Lipinski definition) is 1. The van der Waals surface area contributed by atoms with Gasteiger partial charge in [0.05, 0.1) is 0 Å². The first-order valence-corrected chi connectivity index (χ1v) is 7.53. The van der Waals surface area contributed by atoms with Crippen LogP contribution in [0.3, 0.4) is 0 Å². The van der Waals surface area contributed by atoms with Crippen molar-refractivity contribution in [1.82, 2.24) is 5.32 Å². The van der Waals surface area contributed by atoms with Crippen molar-refractivity contribution in [2.24, 2.45) is 11.8 Å². The van der Waals surface area contributed by atoms with Crippen molar-refractivity contribution in [3.05, 3.63) is 35.9 Å². The van der Waals surface area contributed by atoms with Gasteiger partial charge in [-0.2, -0.15) is 0 Å². The Morgan fingerprint density at radius 2 is 1.78 bits per heavy atom. The minimum absolute atomic E-state index is 0.508. The van der Waals surface area contributed by atoms with Gasteiger partial charge in [-0.3, -0.25) is 0 Å². The zero-order chi connectivity index (χ0) is 12.8. The number of rotatable bonds is 5. The second-order valence-electron chi connectivity index (χ2n) is 5.89. The average molecular weight is 245 g/mol. The summed E-state index contributed by atoms with van der Waals surface area (Å²) < 4.78 is 0. The Morgan fingerprint density at radius 1 is 1.11 bits per heavy atom. The van der Waals surface area contributed by atoms with Gasteiger partial charge in [-0.1, -0.05) is 69.4 Å². The summed E-state index contributed by atoms with van der Waals surface area (Å²) in [6.07, 6.45) is 8.64. The Balaban J connectivity index is 1.94. The molecule has 0 aromatic heterocycles. The molecule has 100 valence electrons. The molecule has 2 rings (SSSR count). The summed E-state index contributed by atoms with van der Waals surface area (Å²) in [5.41, 5.74) is 1.43. The molecule has 0 saturated heterocycles. The van der Waals surface area contributed by atoms with Gasteiger partial charge in [-0.25, -0.2) is 0 Å². The second-order valence-corrected chi connectivity index (χ2v) is 5.89. The Kier molecular flexibility index (Phi) is 5.25. The van der Waals surface area contributed by atoms with Crippen molar-refractivity contribution in [3.8, 4) is 0 Å². The lowest BCUT2D eigenvalue weighted by molar-refractivity contribution is 0.263. The van der Waals surface area contributed by atoms with Gasteiger partial charge in [0.1, 0.15) is 0 Å². The molecule has 0 radical (unpaired) electrons. The van der Waals surface area contributed by atoms with E-state index >= 15 is 0 Å². The van der Waals surface area contributed by atoms with E-state index in [0.29, 0.717) is 6.04 Å². The fourth-order valence-corrected chi connectivity index (χ4v) is 3.52. The lowest BCUT2D eigenvalue weighted by Crippen LogP contribution is -2.25. The summed E-state index contributed by atoms with van der Waals surface area (Å²) in [5.74, 6) is 1.69. The number of nitrogens with one attached hydrogen (secondary N) is 1. The molecule has 0 spiro atoms. The quantitative estimate of drug-likeness (QED) is 0.802. The van der Waals surface area contributed by atoms with Gasteiger partial charge in [0.15, 0.2) is 0 Å². The highest BCUT2D eigenvalue weighted by molar-refractivity contribution is 5.19. The van der Waals surface area contributed by atoms with Crippen molar-refractivity contribution in [2.75, 3.05) is 7.05 Å². The standard InChI is InChI=1S/C17H27N/c1-14(13-15-9-5-3-6-10-15)17(18-2)16-11-7-4-8-12-16/h4,7-8,11-12,14-15,17-18H,3,5-6,9-10,13H2,1-2H3. The van der Waals surface area contributed by atoms with Gasteiger partial charge in [0.2, 0.25) is 0 Å². The van der Waals surface area contributed by atoms with Gasteiger partial charge in [-0.15, -0.1) is 0 Å². The molecule has 0 amide bonds. The van der Waals surface area contributed by atoms with Gasteiger partial charge in [0, 0.05) is 6.04 Å². The van der Waals surface area contributed by atoms with Crippen LogP contribution in [-0.2, 0) is 0 Å². The third-order valence-electron chi connectivity index (χ3n) is 4.47. The Labute approximate surface area is 112 Å². The smallest absolute Gasteiger partial charge is 0.0343 e. The highest BCUT2D eigenvalue weighted by Crippen LogP contribution is 2.33. The lowest BCUT2D eigenvalue weighted by atomic mass is 9.80. The van der Waals surface area contributed by atoms with Gasteiger partial charge >= 0.3 is 0 Å². The third kappa shape index (κ3) is 3.58. The van der Waals surface area contributed by atoms with Crippen LogP contribution in [0, 0.1) is 11.8 Å². The maximum Gasteiger partial charge on any atom is 0.0343 e. The van der Waals surface area contributed by atoms with Gasteiger partial charge in [-0.05, 0) is 30.9 Å². The summed E-state index contributed by atoms with van der Waals surface area (Å²) >= 11 is 0. The molecule has 0 bridgehead atoms. The highest BCUT2D eigenvalue weighted by Gasteiger charge is 2.22. The molecule has 0 heterocycles. The summed E-state index contributed by atoms with van der Waals surface area (Å²) in [4.78, 5) is 0. The zero-order valence-electron chi connectivity index (χ0n) is 11.9. The molecule has 1 heteroatoms. The Hall–Kier alpha value is -0.820. The fourth-order valence-electron chi connectivity index (χ4n) is 3.52. The largest absolute Gasteiger partial charge is 0.313 e. The van der Waals surface area contributed by atoms with Crippen LogP contribution in [-0.4, -0.2) is 7.05 Å². The zero-order valence-corrected chi connectivity index (χ0v) is 11.9. The maximum atomic E-state index is 3.51. The van der Waals surface area contributed by atoms with Crippen molar-refractivity contribution < 1.29 is 0 Å². The molecule has 1 nitrogen and oxygen atoms in total. The minimum atomic E-state index is 0.508. The first-order chi connectivity index (χ1) is 8.81. The van der Waals surface area contributed by atoms with E-state index < -0.39 is 0 Å². The van der Waals surface area contributed by atoms with E-state index in [1.165, 1.54) is 44.1 Å². The molecule has 0 aliphatic heterocycles. The van der Waals surface area contributed by atoms with E-state index in [9.17, 15) is 0 Å². The predicted molar refractivity (Wildman–Crippen MR) is 78.6 cm³/mol. The van der Waals surface area contributed by atoms with Gasteiger partial charge < -0.3 is 5.32 Å². The van der Waals surface area contributed by atoms with Crippen LogP contribution in [0.25, 0.3) is 0 Å². The van der Waals surface area contributed by atoms with Crippen LogP contribution in [0.15, 0.2) is 30.3 Å². The molecule has 1 fully saturated rings. The molecule has 18 heavy (non-hydrogen) atoms. The number of benzene rings is 1. The molecule has 2 atom stereocenters. The van der Waals surface area contributed by atoms with E-state index in [1.54, 1.807) is 0 Å². The van der Waals surface area contributed by atoms with Crippen LogP contribution >= 0.6 is 0 Å². The Bertz CT molecular complexity index is 327. The molecule has 1 N–H and O–H groups in total. The third-order valence-corrected chi connectivity index (χ3v) is 4.47. The number of hydrogen-bond donors (Lipinski definition) is 1. The lowest BCUT2D eigenvalue weighted by Gasteiger charge is -2.29. The summed E-state index contributed by atoms with van der Waals surface area (Å²) in [6, 6.07) is 11.4.